The molecule has 1 aromatic rings. The smallest absolute Gasteiger partial charge is 0.270 e. The number of amides is 2. The molecule has 24 heavy (non-hydrogen) atoms. The molecule has 7 nitrogen and oxygen atoms in total. The van der Waals surface area contributed by atoms with Crippen molar-refractivity contribution in [1.82, 2.24) is 9.91 Å². The lowest BCUT2D eigenvalue weighted by Gasteiger charge is -2.26. The van der Waals surface area contributed by atoms with Crippen LogP contribution < -0.4 is 9.47 Å². The van der Waals surface area contributed by atoms with E-state index >= 15 is 0 Å². The molecule has 0 saturated carbocycles. The zero-order valence-corrected chi connectivity index (χ0v) is 13.9. The molecule has 1 aromatic carbocycles. The van der Waals surface area contributed by atoms with E-state index < -0.39 is 0 Å². The van der Waals surface area contributed by atoms with Gasteiger partial charge in [0.25, 0.3) is 5.91 Å². The summed E-state index contributed by atoms with van der Waals surface area (Å²) < 4.78 is 11.1. The summed E-state index contributed by atoms with van der Waals surface area (Å²) in [5, 5.41) is 5.35. The van der Waals surface area contributed by atoms with Crippen molar-refractivity contribution in [3.63, 3.8) is 0 Å². The molecule has 3 rings (SSSR count). The van der Waals surface area contributed by atoms with Crippen LogP contribution in [0.15, 0.2) is 23.3 Å². The molecular formula is C17H21N3O4. The van der Waals surface area contributed by atoms with Crippen molar-refractivity contribution in [3.8, 4) is 11.5 Å². The fraction of sp³-hybridized carbons (Fsp3) is 0.471. The number of carbonyl (C=O) groups excluding carboxylic acids is 2. The van der Waals surface area contributed by atoms with Crippen molar-refractivity contribution in [1.29, 1.82) is 0 Å². The van der Waals surface area contributed by atoms with E-state index in [1.807, 2.05) is 25.1 Å². The van der Waals surface area contributed by atoms with Crippen molar-refractivity contribution in [2.75, 3.05) is 26.8 Å². The Bertz CT molecular complexity index is 686. The molecule has 0 fully saturated rings. The van der Waals surface area contributed by atoms with Gasteiger partial charge in [-0.15, -0.1) is 0 Å². The Kier molecular flexibility index (Phi) is 4.69. The SMILES string of the molecule is CCN(Cc1ccc2c(c1)OCCO2)C(=O)C1=NN(C)C(=O)CC1. The van der Waals surface area contributed by atoms with Gasteiger partial charge in [0.1, 0.15) is 18.9 Å². The summed E-state index contributed by atoms with van der Waals surface area (Å²) in [6.07, 6.45) is 0.711. The highest BCUT2D eigenvalue weighted by Gasteiger charge is 2.25. The minimum atomic E-state index is -0.133. The van der Waals surface area contributed by atoms with Gasteiger partial charge >= 0.3 is 0 Å². The maximum absolute atomic E-state index is 12.7. The van der Waals surface area contributed by atoms with Gasteiger partial charge in [-0.1, -0.05) is 6.07 Å². The molecule has 0 spiro atoms. The first-order chi connectivity index (χ1) is 11.6. The second kappa shape index (κ2) is 6.90. The summed E-state index contributed by atoms with van der Waals surface area (Å²) in [7, 11) is 1.58. The van der Waals surface area contributed by atoms with Gasteiger partial charge in [-0.2, -0.15) is 5.10 Å². The Hall–Kier alpha value is -2.57. The molecule has 0 bridgehead atoms. The van der Waals surface area contributed by atoms with Crippen molar-refractivity contribution < 1.29 is 19.1 Å². The molecule has 0 aromatic heterocycles. The third-order valence-electron chi connectivity index (χ3n) is 4.10. The molecule has 0 unspecified atom stereocenters. The molecule has 0 atom stereocenters. The average Bonchev–Trinajstić information content (AvgIpc) is 2.61. The van der Waals surface area contributed by atoms with Crippen LogP contribution >= 0.6 is 0 Å². The zero-order valence-electron chi connectivity index (χ0n) is 13.9. The van der Waals surface area contributed by atoms with Crippen molar-refractivity contribution in [2.45, 2.75) is 26.3 Å². The van der Waals surface area contributed by atoms with Gasteiger partial charge in [-0.3, -0.25) is 9.59 Å². The third-order valence-corrected chi connectivity index (χ3v) is 4.10. The van der Waals surface area contributed by atoms with Gasteiger partial charge in [0, 0.05) is 33.0 Å². The van der Waals surface area contributed by atoms with Gasteiger partial charge < -0.3 is 14.4 Å². The minimum Gasteiger partial charge on any atom is -0.486 e. The number of nitrogens with zero attached hydrogens (tertiary/aromatic N) is 3. The molecule has 0 aliphatic carbocycles. The van der Waals surface area contributed by atoms with Gasteiger partial charge in [0.2, 0.25) is 5.91 Å². The van der Waals surface area contributed by atoms with E-state index in [9.17, 15) is 9.59 Å². The topological polar surface area (TPSA) is 71.4 Å². The van der Waals surface area contributed by atoms with E-state index in [1.54, 1.807) is 11.9 Å². The minimum absolute atomic E-state index is 0.0681. The molecule has 2 amide bonds. The lowest BCUT2D eigenvalue weighted by molar-refractivity contribution is -0.130. The standard InChI is InChI=1S/C17H21N3O4/c1-3-20(17(22)13-5-7-16(21)19(2)18-13)11-12-4-6-14-15(10-12)24-9-8-23-14/h4,6,10H,3,5,7-9,11H2,1-2H3. The highest BCUT2D eigenvalue weighted by atomic mass is 16.6. The maximum Gasteiger partial charge on any atom is 0.270 e. The Morgan fingerprint density at radius 3 is 2.71 bits per heavy atom. The van der Waals surface area contributed by atoms with Crippen LogP contribution in [0, 0.1) is 0 Å². The van der Waals surface area contributed by atoms with Crippen molar-refractivity contribution >= 4 is 17.5 Å². The van der Waals surface area contributed by atoms with E-state index in [2.05, 4.69) is 5.10 Å². The van der Waals surface area contributed by atoms with Crippen molar-refractivity contribution in [2.24, 2.45) is 5.10 Å². The van der Waals surface area contributed by atoms with Gasteiger partial charge in [0.05, 0.1) is 0 Å². The monoisotopic (exact) mass is 331 g/mol. The molecule has 0 saturated heterocycles. The number of fused-ring (bicyclic) bond motifs is 1. The predicted octanol–water partition coefficient (Wildman–Crippen LogP) is 1.41. The first kappa shape index (κ1) is 16.3. The van der Waals surface area contributed by atoms with E-state index in [-0.39, 0.29) is 11.8 Å². The van der Waals surface area contributed by atoms with E-state index in [4.69, 9.17) is 9.47 Å². The number of carbonyl (C=O) groups is 2. The van der Waals surface area contributed by atoms with Gasteiger partial charge in [0.15, 0.2) is 11.5 Å². The van der Waals surface area contributed by atoms with Crippen LogP contribution in [0.3, 0.4) is 0 Å². The van der Waals surface area contributed by atoms with Crippen LogP contribution in [0.1, 0.15) is 25.3 Å². The highest BCUT2D eigenvalue weighted by Crippen LogP contribution is 2.31. The first-order valence-electron chi connectivity index (χ1n) is 8.10. The largest absolute Gasteiger partial charge is 0.486 e. The lowest BCUT2D eigenvalue weighted by atomic mass is 10.1. The summed E-state index contributed by atoms with van der Waals surface area (Å²) >= 11 is 0. The molecule has 2 aliphatic rings. The van der Waals surface area contributed by atoms with Crippen molar-refractivity contribution in [3.05, 3.63) is 23.8 Å². The summed E-state index contributed by atoms with van der Waals surface area (Å²) in [6, 6.07) is 5.71. The summed E-state index contributed by atoms with van der Waals surface area (Å²) in [6.45, 7) is 4.03. The van der Waals surface area contributed by atoms with Crippen LogP contribution in [0.5, 0.6) is 11.5 Å². The van der Waals surface area contributed by atoms with Crippen LogP contribution in [0.2, 0.25) is 0 Å². The summed E-state index contributed by atoms with van der Waals surface area (Å²) in [5.74, 6) is 1.24. The Morgan fingerprint density at radius 1 is 1.25 bits per heavy atom. The first-order valence-corrected chi connectivity index (χ1v) is 8.10. The van der Waals surface area contributed by atoms with E-state index in [0.29, 0.717) is 50.6 Å². The molecular weight excluding hydrogens is 310 g/mol. The number of hydrogen-bond acceptors (Lipinski definition) is 5. The highest BCUT2D eigenvalue weighted by molar-refractivity contribution is 6.39. The molecule has 2 aliphatic heterocycles. The second-order valence-corrected chi connectivity index (χ2v) is 5.76. The van der Waals surface area contributed by atoms with Crippen LogP contribution in [-0.4, -0.2) is 54.2 Å². The van der Waals surface area contributed by atoms with E-state index in [0.717, 1.165) is 11.3 Å². The number of hydrogen-bond donors (Lipinski definition) is 0. The Labute approximate surface area is 140 Å². The average molecular weight is 331 g/mol. The molecule has 7 heteroatoms. The predicted molar refractivity (Wildman–Crippen MR) is 88.0 cm³/mol. The Balaban J connectivity index is 1.73. The maximum atomic E-state index is 12.7. The number of benzene rings is 1. The summed E-state index contributed by atoms with van der Waals surface area (Å²) in [5.41, 5.74) is 1.40. The number of rotatable bonds is 4. The lowest BCUT2D eigenvalue weighted by Crippen LogP contribution is -2.40. The molecule has 0 N–H and O–H groups in total. The third kappa shape index (κ3) is 3.34. The number of ether oxygens (including phenoxy) is 2. The second-order valence-electron chi connectivity index (χ2n) is 5.76. The fourth-order valence-corrected chi connectivity index (χ4v) is 2.74. The van der Waals surface area contributed by atoms with Gasteiger partial charge in [-0.05, 0) is 24.6 Å². The Morgan fingerprint density at radius 2 is 2.00 bits per heavy atom. The van der Waals surface area contributed by atoms with Crippen LogP contribution in [-0.2, 0) is 16.1 Å². The van der Waals surface area contributed by atoms with E-state index in [1.165, 1.54) is 5.01 Å². The quantitative estimate of drug-likeness (QED) is 0.836. The molecule has 128 valence electrons. The fourth-order valence-electron chi connectivity index (χ4n) is 2.74. The zero-order chi connectivity index (χ0) is 17.1. The van der Waals surface area contributed by atoms with Gasteiger partial charge in [-0.25, -0.2) is 5.01 Å². The molecule has 2 heterocycles. The van der Waals surface area contributed by atoms with Crippen LogP contribution in [0.25, 0.3) is 0 Å². The number of hydrazone groups is 1. The normalized spacial score (nSPS) is 16.7. The summed E-state index contributed by atoms with van der Waals surface area (Å²) in [4.78, 5) is 25.9. The molecule has 0 radical (unpaired) electrons. The van der Waals surface area contributed by atoms with Crippen LogP contribution in [0.4, 0.5) is 0 Å².